The summed E-state index contributed by atoms with van der Waals surface area (Å²) in [6.07, 6.45) is 3.45. The first-order valence-electron chi connectivity index (χ1n) is 5.58. The van der Waals surface area contributed by atoms with E-state index in [1.165, 1.54) is 6.20 Å². The Morgan fingerprint density at radius 3 is 2.78 bits per heavy atom. The van der Waals surface area contributed by atoms with Gasteiger partial charge in [-0.1, -0.05) is 24.3 Å². The topological polar surface area (TPSA) is 62.2 Å². The van der Waals surface area contributed by atoms with E-state index in [0.717, 1.165) is 23.5 Å². The average molecular weight is 262 g/mol. The summed E-state index contributed by atoms with van der Waals surface area (Å²) in [7, 11) is 0. The monoisotopic (exact) mass is 262 g/mol. The van der Waals surface area contributed by atoms with Crippen LogP contribution in [0.1, 0.15) is 10.4 Å². The number of pyridine rings is 1. The number of aromatic nitrogens is 1. The molecule has 0 bridgehead atoms. The van der Waals surface area contributed by atoms with Gasteiger partial charge in [0, 0.05) is 29.3 Å². The van der Waals surface area contributed by atoms with E-state index in [2.05, 4.69) is 10.3 Å². The van der Waals surface area contributed by atoms with E-state index >= 15 is 0 Å². The molecule has 0 spiro atoms. The number of benzene rings is 1. The summed E-state index contributed by atoms with van der Waals surface area (Å²) in [5.41, 5.74) is 0.237. The maximum Gasteiger partial charge on any atom is 0.337 e. The number of aromatic carboxylic acids is 1. The van der Waals surface area contributed by atoms with E-state index in [-0.39, 0.29) is 5.56 Å². The van der Waals surface area contributed by atoms with E-state index in [4.69, 9.17) is 5.11 Å². The smallest absolute Gasteiger partial charge is 0.337 e. The van der Waals surface area contributed by atoms with Crippen molar-refractivity contribution >= 4 is 34.3 Å². The van der Waals surface area contributed by atoms with Crippen molar-refractivity contribution in [2.45, 2.75) is 0 Å². The number of carboxylic acids is 1. The van der Waals surface area contributed by atoms with Crippen LogP contribution in [0.3, 0.4) is 0 Å². The summed E-state index contributed by atoms with van der Waals surface area (Å²) in [6, 6.07) is 7.41. The van der Waals surface area contributed by atoms with Gasteiger partial charge in [0.05, 0.1) is 5.56 Å². The van der Waals surface area contributed by atoms with Gasteiger partial charge >= 0.3 is 5.97 Å². The third kappa shape index (κ3) is 2.56. The first-order valence-corrected chi connectivity index (χ1v) is 6.97. The number of rotatable bonds is 5. The highest BCUT2D eigenvalue weighted by atomic mass is 32.2. The van der Waals surface area contributed by atoms with Gasteiger partial charge in [-0.15, -0.1) is 0 Å². The molecule has 2 rings (SSSR count). The van der Waals surface area contributed by atoms with Gasteiger partial charge in [-0.05, 0) is 6.26 Å². The first-order chi connectivity index (χ1) is 8.74. The molecule has 0 fully saturated rings. The van der Waals surface area contributed by atoms with E-state index in [9.17, 15) is 4.79 Å². The van der Waals surface area contributed by atoms with Crippen LogP contribution in [-0.2, 0) is 0 Å². The van der Waals surface area contributed by atoms with Crippen molar-refractivity contribution in [3.05, 3.63) is 36.0 Å². The van der Waals surface area contributed by atoms with E-state index in [1.54, 1.807) is 17.8 Å². The largest absolute Gasteiger partial charge is 0.478 e. The number of anilines is 1. The molecule has 2 N–H and O–H groups in total. The van der Waals surface area contributed by atoms with Gasteiger partial charge in [0.1, 0.15) is 5.82 Å². The highest BCUT2D eigenvalue weighted by Crippen LogP contribution is 2.24. The zero-order valence-electron chi connectivity index (χ0n) is 10.0. The van der Waals surface area contributed by atoms with Gasteiger partial charge in [0.15, 0.2) is 0 Å². The van der Waals surface area contributed by atoms with E-state index < -0.39 is 5.97 Å². The maximum atomic E-state index is 11.1. The number of nitrogens with zero attached hydrogens (tertiary/aromatic N) is 1. The molecular weight excluding hydrogens is 248 g/mol. The fourth-order valence-electron chi connectivity index (χ4n) is 1.78. The Hall–Kier alpha value is -1.75. The Kier molecular flexibility index (Phi) is 4.04. The predicted molar refractivity (Wildman–Crippen MR) is 75.6 cm³/mol. The molecule has 0 saturated heterocycles. The summed E-state index contributed by atoms with van der Waals surface area (Å²) in [5.74, 6) is 0.774. The summed E-state index contributed by atoms with van der Waals surface area (Å²) in [5, 5.41) is 13.9. The highest BCUT2D eigenvalue weighted by molar-refractivity contribution is 7.98. The summed E-state index contributed by atoms with van der Waals surface area (Å²) < 4.78 is 0. The molecule has 0 saturated carbocycles. The molecule has 18 heavy (non-hydrogen) atoms. The second-order valence-electron chi connectivity index (χ2n) is 3.79. The Bertz CT molecular complexity index is 572. The van der Waals surface area contributed by atoms with Crippen LogP contribution in [0.4, 0.5) is 5.82 Å². The van der Waals surface area contributed by atoms with Crippen LogP contribution < -0.4 is 5.32 Å². The van der Waals surface area contributed by atoms with Crippen LogP contribution in [0.25, 0.3) is 10.8 Å². The van der Waals surface area contributed by atoms with Crippen molar-refractivity contribution < 1.29 is 9.90 Å². The molecule has 0 aliphatic rings. The van der Waals surface area contributed by atoms with Crippen LogP contribution >= 0.6 is 11.8 Å². The molecule has 0 aliphatic heterocycles. The van der Waals surface area contributed by atoms with E-state index in [0.29, 0.717) is 5.39 Å². The van der Waals surface area contributed by atoms with Crippen LogP contribution in [0.15, 0.2) is 30.5 Å². The fraction of sp³-hybridized carbons (Fsp3) is 0.231. The molecule has 0 unspecified atom stereocenters. The molecule has 1 aromatic carbocycles. The zero-order chi connectivity index (χ0) is 13.0. The van der Waals surface area contributed by atoms with Gasteiger partial charge in [0.2, 0.25) is 0 Å². The van der Waals surface area contributed by atoms with Crippen LogP contribution in [0, 0.1) is 0 Å². The van der Waals surface area contributed by atoms with Gasteiger partial charge in [-0.3, -0.25) is 0 Å². The Morgan fingerprint density at radius 2 is 2.11 bits per heavy atom. The minimum Gasteiger partial charge on any atom is -0.478 e. The van der Waals surface area contributed by atoms with Crippen LogP contribution in [0.2, 0.25) is 0 Å². The van der Waals surface area contributed by atoms with Crippen molar-refractivity contribution in [2.75, 3.05) is 23.9 Å². The lowest BCUT2D eigenvalue weighted by molar-refractivity contribution is 0.0698. The lowest BCUT2D eigenvalue weighted by Crippen LogP contribution is -2.07. The molecule has 0 amide bonds. The van der Waals surface area contributed by atoms with E-state index in [1.807, 2.05) is 24.5 Å². The van der Waals surface area contributed by atoms with Crippen molar-refractivity contribution in [2.24, 2.45) is 0 Å². The maximum absolute atomic E-state index is 11.1. The summed E-state index contributed by atoms with van der Waals surface area (Å²) >= 11 is 1.75. The third-order valence-electron chi connectivity index (χ3n) is 2.62. The lowest BCUT2D eigenvalue weighted by Gasteiger charge is -2.09. The van der Waals surface area contributed by atoms with Crippen molar-refractivity contribution in [1.29, 1.82) is 0 Å². The molecule has 2 aromatic rings. The number of hydrogen-bond donors (Lipinski definition) is 2. The fourth-order valence-corrected chi connectivity index (χ4v) is 2.08. The molecule has 0 radical (unpaired) electrons. The average Bonchev–Trinajstić information content (AvgIpc) is 2.38. The van der Waals surface area contributed by atoms with Gasteiger partial charge in [-0.25, -0.2) is 9.78 Å². The van der Waals surface area contributed by atoms with Crippen molar-refractivity contribution in [1.82, 2.24) is 4.98 Å². The zero-order valence-corrected chi connectivity index (χ0v) is 10.8. The second kappa shape index (κ2) is 5.73. The minimum atomic E-state index is -0.950. The Balaban J connectivity index is 2.44. The standard InChI is InChI=1S/C13H14N2O2S/c1-18-7-6-14-12-10-5-3-2-4-9(10)11(8-15-12)13(16)17/h2-5,8H,6-7H2,1H3,(H,14,15)(H,16,17). The number of nitrogens with one attached hydrogen (secondary N) is 1. The molecule has 5 heteroatoms. The number of hydrogen-bond acceptors (Lipinski definition) is 4. The molecular formula is C13H14N2O2S. The third-order valence-corrected chi connectivity index (χ3v) is 3.24. The molecule has 1 heterocycles. The normalized spacial score (nSPS) is 10.5. The van der Waals surface area contributed by atoms with Crippen molar-refractivity contribution in [3.8, 4) is 0 Å². The minimum absolute atomic E-state index is 0.237. The first kappa shape index (κ1) is 12.7. The van der Waals surface area contributed by atoms with Crippen LogP contribution in [-0.4, -0.2) is 34.6 Å². The Morgan fingerprint density at radius 1 is 1.39 bits per heavy atom. The predicted octanol–water partition coefficient (Wildman–Crippen LogP) is 2.71. The number of carboxylic acid groups (broad SMARTS) is 1. The summed E-state index contributed by atoms with van der Waals surface area (Å²) in [6.45, 7) is 0.810. The lowest BCUT2D eigenvalue weighted by atomic mass is 10.1. The number of fused-ring (bicyclic) bond motifs is 1. The summed E-state index contributed by atoms with van der Waals surface area (Å²) in [4.78, 5) is 15.3. The van der Waals surface area contributed by atoms with Gasteiger partial charge in [-0.2, -0.15) is 11.8 Å². The molecule has 1 aromatic heterocycles. The van der Waals surface area contributed by atoms with Gasteiger partial charge < -0.3 is 10.4 Å². The molecule has 0 aliphatic carbocycles. The molecule has 94 valence electrons. The van der Waals surface area contributed by atoms with Gasteiger partial charge in [0.25, 0.3) is 0 Å². The molecule has 0 atom stereocenters. The SMILES string of the molecule is CSCCNc1ncc(C(=O)O)c2ccccc12. The quantitative estimate of drug-likeness (QED) is 0.811. The van der Waals surface area contributed by atoms with Crippen LogP contribution in [0.5, 0.6) is 0 Å². The Labute approximate surface area is 109 Å². The van der Waals surface area contributed by atoms with Crippen molar-refractivity contribution in [3.63, 3.8) is 0 Å². The second-order valence-corrected chi connectivity index (χ2v) is 4.78. The highest BCUT2D eigenvalue weighted by Gasteiger charge is 2.11. The molecule has 4 nitrogen and oxygen atoms in total. The number of thioether (sulfide) groups is 1. The number of carbonyl (C=O) groups is 1.